The van der Waals surface area contributed by atoms with Gasteiger partial charge in [-0.2, -0.15) is 0 Å². The van der Waals surface area contributed by atoms with Crippen LogP contribution in [0.2, 0.25) is 5.02 Å². The lowest BCUT2D eigenvalue weighted by molar-refractivity contribution is -0.135. The van der Waals surface area contributed by atoms with E-state index in [1.807, 2.05) is 31.2 Å². The molecule has 1 unspecified atom stereocenters. The maximum atomic E-state index is 13.3. The normalized spacial score (nSPS) is 26.2. The summed E-state index contributed by atoms with van der Waals surface area (Å²) in [6, 6.07) is 7.48. The van der Waals surface area contributed by atoms with Gasteiger partial charge in [0, 0.05) is 44.1 Å². The molecule has 0 fully saturated rings. The summed E-state index contributed by atoms with van der Waals surface area (Å²) in [4.78, 5) is 23.4. The lowest BCUT2D eigenvalue weighted by atomic mass is 9.76. The van der Waals surface area contributed by atoms with Crippen molar-refractivity contribution in [3.8, 4) is 16.9 Å². The topological polar surface area (TPSA) is 90.0 Å². The Bertz CT molecular complexity index is 995. The number of halogens is 1. The number of benzene rings is 1. The fourth-order valence-corrected chi connectivity index (χ4v) is 4.18. The van der Waals surface area contributed by atoms with Crippen molar-refractivity contribution in [2.75, 3.05) is 20.8 Å². The third-order valence-electron chi connectivity index (χ3n) is 5.21. The van der Waals surface area contributed by atoms with Gasteiger partial charge < -0.3 is 15.2 Å². The van der Waals surface area contributed by atoms with Crippen molar-refractivity contribution in [1.29, 1.82) is 0 Å². The molecule has 28 heavy (non-hydrogen) atoms. The van der Waals surface area contributed by atoms with Crippen LogP contribution >= 0.6 is 11.6 Å². The molecular weight excluding hydrogens is 380 g/mol. The Labute approximate surface area is 168 Å². The van der Waals surface area contributed by atoms with Crippen LogP contribution in [-0.4, -0.2) is 48.1 Å². The van der Waals surface area contributed by atoms with Crippen LogP contribution in [0.4, 0.5) is 0 Å². The summed E-state index contributed by atoms with van der Waals surface area (Å²) in [5.41, 5.74) is 6.53. The van der Waals surface area contributed by atoms with E-state index in [1.54, 1.807) is 26.6 Å². The fraction of sp³-hybridized carbons (Fsp3) is 0.350. The van der Waals surface area contributed by atoms with Gasteiger partial charge in [-0.25, -0.2) is 4.99 Å². The van der Waals surface area contributed by atoms with Crippen molar-refractivity contribution in [3.63, 3.8) is 0 Å². The van der Waals surface area contributed by atoms with E-state index < -0.39 is 11.1 Å². The number of carbonyl (C=O) groups excluding carboxylic acids is 1. The summed E-state index contributed by atoms with van der Waals surface area (Å²) >= 11 is 6.09. The third kappa shape index (κ3) is 2.82. The molecule has 0 saturated carbocycles. The van der Waals surface area contributed by atoms with E-state index in [2.05, 4.69) is 9.98 Å². The molecule has 146 valence electrons. The molecule has 1 aromatic carbocycles. The number of rotatable bonds is 3. The number of aromatic nitrogens is 1. The molecule has 2 aromatic rings. The summed E-state index contributed by atoms with van der Waals surface area (Å²) in [5, 5.41) is 0.535. The molecular formula is C20H21ClN4O3. The van der Waals surface area contributed by atoms with E-state index in [4.69, 9.17) is 26.8 Å². The van der Waals surface area contributed by atoms with Crippen LogP contribution in [0.1, 0.15) is 18.9 Å². The smallest absolute Gasteiger partial charge is 0.261 e. The van der Waals surface area contributed by atoms with Crippen molar-refractivity contribution in [2.24, 2.45) is 10.7 Å². The van der Waals surface area contributed by atoms with E-state index in [0.29, 0.717) is 29.4 Å². The first-order chi connectivity index (χ1) is 13.3. The molecule has 1 amide bonds. The van der Waals surface area contributed by atoms with Crippen molar-refractivity contribution in [1.82, 2.24) is 9.88 Å². The summed E-state index contributed by atoms with van der Waals surface area (Å²) in [6.45, 7) is 2.23. The minimum Gasteiger partial charge on any atom is -0.485 e. The van der Waals surface area contributed by atoms with E-state index in [9.17, 15) is 4.79 Å². The molecule has 7 nitrogen and oxygen atoms in total. The highest BCUT2D eigenvalue weighted by Crippen LogP contribution is 2.50. The van der Waals surface area contributed by atoms with Gasteiger partial charge in [0.05, 0.1) is 11.6 Å². The number of hydrogen-bond donors (Lipinski definition) is 1. The lowest BCUT2D eigenvalue weighted by Crippen LogP contribution is -2.52. The first-order valence-electron chi connectivity index (χ1n) is 8.85. The van der Waals surface area contributed by atoms with Crippen LogP contribution in [0.5, 0.6) is 5.75 Å². The van der Waals surface area contributed by atoms with Crippen molar-refractivity contribution >= 4 is 23.5 Å². The van der Waals surface area contributed by atoms with Gasteiger partial charge in [-0.15, -0.1) is 0 Å². The number of nitrogens with zero attached hydrogens (tertiary/aromatic N) is 3. The standard InChI is InChI=1S/C20H21ClN4O3/c1-19(11-27-3)10-20(17(26)25(2)18(22)24-20)15-7-12(4-5-16(15)28-19)13-6-14(21)9-23-8-13/h4-9H,10-11H2,1-3H3,(H2,22,24)/t19-,20?/m1/s1. The number of hydrogen-bond acceptors (Lipinski definition) is 6. The number of methoxy groups -OCH3 is 1. The van der Waals surface area contributed by atoms with Crippen molar-refractivity contribution in [2.45, 2.75) is 24.5 Å². The second kappa shape index (κ2) is 6.46. The molecule has 4 rings (SSSR count). The number of likely N-dealkylation sites (N-methyl/N-ethyl adjacent to an activating group) is 1. The highest BCUT2D eigenvalue weighted by atomic mass is 35.5. The van der Waals surface area contributed by atoms with Gasteiger partial charge in [0.2, 0.25) is 0 Å². The zero-order chi connectivity index (χ0) is 20.1. The van der Waals surface area contributed by atoms with Crippen LogP contribution in [0.25, 0.3) is 11.1 Å². The molecule has 0 saturated heterocycles. The van der Waals surface area contributed by atoms with Gasteiger partial charge in [-0.05, 0) is 30.7 Å². The maximum Gasteiger partial charge on any atom is 0.261 e. The summed E-state index contributed by atoms with van der Waals surface area (Å²) in [5.74, 6) is 0.593. The van der Waals surface area contributed by atoms with Crippen LogP contribution in [0.15, 0.2) is 41.7 Å². The zero-order valence-electron chi connectivity index (χ0n) is 15.9. The molecule has 1 aromatic heterocycles. The average Bonchev–Trinajstić information content (AvgIpc) is 2.85. The lowest BCUT2D eigenvalue weighted by Gasteiger charge is -2.42. The molecule has 2 aliphatic heterocycles. The Balaban J connectivity index is 1.91. The van der Waals surface area contributed by atoms with Gasteiger partial charge >= 0.3 is 0 Å². The van der Waals surface area contributed by atoms with Gasteiger partial charge in [-0.3, -0.25) is 14.7 Å². The number of guanidine groups is 1. The number of carbonyl (C=O) groups is 1. The monoisotopic (exact) mass is 400 g/mol. The molecule has 0 bridgehead atoms. The van der Waals surface area contributed by atoms with E-state index in [-0.39, 0.29) is 11.9 Å². The van der Waals surface area contributed by atoms with Crippen LogP contribution in [-0.2, 0) is 15.1 Å². The summed E-state index contributed by atoms with van der Waals surface area (Å²) in [6.07, 6.45) is 3.62. The SMILES string of the molecule is COC[C@@]1(C)CC2(N=C(N)N(C)C2=O)c2cc(-c3cncc(Cl)c3)ccc2O1. The number of amides is 1. The predicted molar refractivity (Wildman–Crippen MR) is 106 cm³/mol. The average molecular weight is 401 g/mol. The number of aliphatic imine (C=N–C) groups is 1. The molecule has 8 heteroatoms. The highest BCUT2D eigenvalue weighted by molar-refractivity contribution is 6.30. The summed E-state index contributed by atoms with van der Waals surface area (Å²) < 4.78 is 11.6. The van der Waals surface area contributed by atoms with Gasteiger partial charge in [0.15, 0.2) is 11.5 Å². The number of nitrogens with two attached hydrogens (primary N) is 1. The number of pyridine rings is 1. The molecule has 0 radical (unpaired) electrons. The number of ether oxygens (including phenoxy) is 2. The maximum absolute atomic E-state index is 13.3. The van der Waals surface area contributed by atoms with E-state index in [0.717, 1.165) is 11.1 Å². The first kappa shape index (κ1) is 18.7. The molecule has 1 spiro atoms. The molecule has 3 heterocycles. The Hall–Kier alpha value is -2.64. The minimum atomic E-state index is -1.15. The predicted octanol–water partition coefficient (Wildman–Crippen LogP) is 2.57. The molecule has 2 atom stereocenters. The Morgan fingerprint density at radius 2 is 2.11 bits per heavy atom. The van der Waals surface area contributed by atoms with E-state index in [1.165, 1.54) is 4.90 Å². The summed E-state index contributed by atoms with van der Waals surface area (Å²) in [7, 11) is 3.23. The molecule has 2 aliphatic rings. The highest BCUT2D eigenvalue weighted by Gasteiger charge is 2.56. The second-order valence-electron chi connectivity index (χ2n) is 7.46. The van der Waals surface area contributed by atoms with Crippen LogP contribution in [0.3, 0.4) is 0 Å². The second-order valence-corrected chi connectivity index (χ2v) is 7.90. The van der Waals surface area contributed by atoms with Crippen molar-refractivity contribution < 1.29 is 14.3 Å². The Kier molecular flexibility index (Phi) is 4.32. The quantitative estimate of drug-likeness (QED) is 0.855. The molecule has 2 N–H and O–H groups in total. The zero-order valence-corrected chi connectivity index (χ0v) is 16.7. The van der Waals surface area contributed by atoms with Crippen molar-refractivity contribution in [3.05, 3.63) is 47.2 Å². The van der Waals surface area contributed by atoms with Gasteiger partial charge in [0.1, 0.15) is 11.4 Å². The first-order valence-corrected chi connectivity index (χ1v) is 9.23. The van der Waals surface area contributed by atoms with Crippen LogP contribution in [0, 0.1) is 0 Å². The third-order valence-corrected chi connectivity index (χ3v) is 5.41. The van der Waals surface area contributed by atoms with Crippen LogP contribution < -0.4 is 10.5 Å². The van der Waals surface area contributed by atoms with Gasteiger partial charge in [-0.1, -0.05) is 17.7 Å². The Morgan fingerprint density at radius 1 is 1.32 bits per heavy atom. The molecule has 0 aliphatic carbocycles. The fourth-order valence-electron chi connectivity index (χ4n) is 4.01. The number of fused-ring (bicyclic) bond motifs is 2. The minimum absolute atomic E-state index is 0.182. The Morgan fingerprint density at radius 3 is 2.75 bits per heavy atom. The largest absolute Gasteiger partial charge is 0.485 e. The van der Waals surface area contributed by atoms with Gasteiger partial charge in [0.25, 0.3) is 5.91 Å². The van der Waals surface area contributed by atoms with E-state index >= 15 is 0 Å².